The molecule has 1 saturated carbocycles. The quantitative estimate of drug-likeness (QED) is 0.624. The zero-order valence-corrected chi connectivity index (χ0v) is 15.2. The fraction of sp³-hybridized carbons (Fsp3) is 0.875. The van der Waals surface area contributed by atoms with Crippen LogP contribution in [0.4, 0.5) is 0 Å². The summed E-state index contributed by atoms with van der Waals surface area (Å²) in [5.74, 6) is -0.558. The van der Waals surface area contributed by atoms with Crippen molar-refractivity contribution >= 4 is 21.7 Å². The second-order valence-electron chi connectivity index (χ2n) is 6.92. The van der Waals surface area contributed by atoms with Gasteiger partial charge in [0, 0.05) is 25.3 Å². The van der Waals surface area contributed by atoms with Crippen molar-refractivity contribution in [2.45, 2.75) is 62.2 Å². The second kappa shape index (κ2) is 8.29. The highest BCUT2D eigenvalue weighted by Gasteiger charge is 2.48. The molecule has 24 heavy (non-hydrogen) atoms. The molecule has 2 fully saturated rings. The number of piperidine rings is 1. The number of rotatable bonds is 6. The average molecular weight is 359 g/mol. The smallest absolute Gasteiger partial charge is 0.241 e. The minimum Gasteiger partial charge on any atom is -0.354 e. The van der Waals surface area contributed by atoms with Gasteiger partial charge in [0.25, 0.3) is 0 Å². The highest BCUT2D eigenvalue weighted by molar-refractivity contribution is 7.92. The number of hydrogen-bond acceptors (Lipinski definition) is 5. The Hall–Kier alpha value is -1.15. The maximum absolute atomic E-state index is 12.5. The lowest BCUT2D eigenvalue weighted by Gasteiger charge is -2.34. The van der Waals surface area contributed by atoms with Crippen molar-refractivity contribution in [3.63, 3.8) is 0 Å². The summed E-state index contributed by atoms with van der Waals surface area (Å²) in [6.07, 6.45) is 7.39. The van der Waals surface area contributed by atoms with Gasteiger partial charge in [0.05, 0.1) is 0 Å². The van der Waals surface area contributed by atoms with Crippen LogP contribution in [0, 0.1) is 0 Å². The summed E-state index contributed by atoms with van der Waals surface area (Å²) in [7, 11) is -3.51. The highest BCUT2D eigenvalue weighted by atomic mass is 32.2. The Balaban J connectivity index is 1.81. The van der Waals surface area contributed by atoms with Gasteiger partial charge in [0.1, 0.15) is 0 Å². The molecule has 2 rings (SSSR count). The highest BCUT2D eigenvalue weighted by Crippen LogP contribution is 2.27. The lowest BCUT2D eigenvalue weighted by molar-refractivity contribution is -0.124. The van der Waals surface area contributed by atoms with Gasteiger partial charge >= 0.3 is 0 Å². The number of amides is 2. The predicted octanol–water partition coefficient (Wildman–Crippen LogP) is 0.108. The summed E-state index contributed by atoms with van der Waals surface area (Å²) >= 11 is 0. The van der Waals surface area contributed by atoms with Crippen LogP contribution < -0.4 is 16.0 Å². The maximum atomic E-state index is 12.5. The average Bonchev–Trinajstić information content (AvgIpc) is 2.55. The van der Waals surface area contributed by atoms with Crippen LogP contribution in [-0.4, -0.2) is 56.9 Å². The zero-order chi connectivity index (χ0) is 17.6. The largest absolute Gasteiger partial charge is 0.354 e. The molecule has 0 radical (unpaired) electrons. The number of carbonyl (C=O) groups is 2. The monoisotopic (exact) mass is 359 g/mol. The Labute approximate surface area is 144 Å². The van der Waals surface area contributed by atoms with Crippen molar-refractivity contribution < 1.29 is 18.0 Å². The molecule has 3 N–H and O–H groups in total. The molecule has 2 aliphatic rings. The topological polar surface area (TPSA) is 104 Å². The van der Waals surface area contributed by atoms with Crippen LogP contribution in [0.5, 0.6) is 0 Å². The molecule has 1 heterocycles. The second-order valence-corrected chi connectivity index (χ2v) is 9.25. The Morgan fingerprint density at radius 1 is 1.12 bits per heavy atom. The summed E-state index contributed by atoms with van der Waals surface area (Å²) in [5.41, 5.74) is 0. The van der Waals surface area contributed by atoms with Gasteiger partial charge in [-0.15, -0.1) is 0 Å². The minimum absolute atomic E-state index is 0.0825. The molecule has 0 bridgehead atoms. The minimum atomic E-state index is -3.51. The van der Waals surface area contributed by atoms with Crippen LogP contribution in [0.25, 0.3) is 0 Å². The lowest BCUT2D eigenvalue weighted by atomic mass is 9.95. The van der Waals surface area contributed by atoms with E-state index in [1.54, 1.807) is 0 Å². The molecule has 8 heteroatoms. The van der Waals surface area contributed by atoms with Gasteiger partial charge in [-0.25, -0.2) is 8.42 Å². The van der Waals surface area contributed by atoms with E-state index in [1.807, 2.05) is 0 Å². The molecule has 0 atom stereocenters. The molecule has 0 unspecified atom stereocenters. The third-order valence-electron chi connectivity index (χ3n) is 5.14. The lowest BCUT2D eigenvalue weighted by Crippen LogP contribution is -2.57. The van der Waals surface area contributed by atoms with E-state index >= 15 is 0 Å². The standard InChI is InChI=1S/C16H29N3O4S/c1-24(22,23)16(8-11-17-12-9-16)15(21)18-10-7-14(20)19-13-5-3-2-4-6-13/h13,17H,2-12H2,1H3,(H,18,21)(H,19,20). The van der Waals surface area contributed by atoms with E-state index in [2.05, 4.69) is 16.0 Å². The summed E-state index contributed by atoms with van der Waals surface area (Å²) in [6.45, 7) is 1.17. The molecule has 1 saturated heterocycles. The number of sulfone groups is 1. The summed E-state index contributed by atoms with van der Waals surface area (Å²) in [5, 5.41) is 8.73. The molecule has 1 aliphatic carbocycles. The van der Waals surface area contributed by atoms with E-state index in [4.69, 9.17) is 0 Å². The van der Waals surface area contributed by atoms with Gasteiger partial charge in [-0.05, 0) is 38.8 Å². The van der Waals surface area contributed by atoms with Crippen molar-refractivity contribution in [1.29, 1.82) is 0 Å². The summed E-state index contributed by atoms with van der Waals surface area (Å²) < 4.78 is 22.9. The van der Waals surface area contributed by atoms with Gasteiger partial charge in [-0.2, -0.15) is 0 Å². The number of nitrogens with one attached hydrogen (secondary N) is 3. The summed E-state index contributed by atoms with van der Waals surface area (Å²) in [4.78, 5) is 24.4. The molecule has 0 aromatic carbocycles. The van der Waals surface area contributed by atoms with Crippen molar-refractivity contribution in [3.05, 3.63) is 0 Å². The van der Waals surface area contributed by atoms with Gasteiger partial charge in [-0.3, -0.25) is 9.59 Å². The van der Waals surface area contributed by atoms with Crippen molar-refractivity contribution in [2.75, 3.05) is 25.9 Å². The van der Waals surface area contributed by atoms with Crippen molar-refractivity contribution in [2.24, 2.45) is 0 Å². The van der Waals surface area contributed by atoms with E-state index in [1.165, 1.54) is 6.42 Å². The van der Waals surface area contributed by atoms with Gasteiger partial charge in [-0.1, -0.05) is 19.3 Å². The first-order chi connectivity index (χ1) is 11.3. The van der Waals surface area contributed by atoms with E-state index < -0.39 is 20.5 Å². The summed E-state index contributed by atoms with van der Waals surface area (Å²) in [6, 6.07) is 0.244. The molecule has 2 amide bonds. The van der Waals surface area contributed by atoms with Crippen LogP contribution in [0.1, 0.15) is 51.4 Å². The van der Waals surface area contributed by atoms with Crippen LogP contribution in [0.3, 0.4) is 0 Å². The van der Waals surface area contributed by atoms with Crippen LogP contribution in [0.2, 0.25) is 0 Å². The molecule has 0 aromatic heterocycles. The molecule has 1 aliphatic heterocycles. The van der Waals surface area contributed by atoms with Crippen molar-refractivity contribution in [3.8, 4) is 0 Å². The molecule has 0 spiro atoms. The Morgan fingerprint density at radius 3 is 2.33 bits per heavy atom. The Kier molecular flexibility index (Phi) is 6.62. The molecular weight excluding hydrogens is 330 g/mol. The van der Waals surface area contributed by atoms with E-state index in [0.29, 0.717) is 13.1 Å². The normalized spacial score (nSPS) is 21.9. The zero-order valence-electron chi connectivity index (χ0n) is 14.4. The Morgan fingerprint density at radius 2 is 1.75 bits per heavy atom. The third kappa shape index (κ3) is 4.69. The van der Waals surface area contributed by atoms with E-state index in [-0.39, 0.29) is 37.8 Å². The van der Waals surface area contributed by atoms with Crippen LogP contribution >= 0.6 is 0 Å². The van der Waals surface area contributed by atoms with Crippen LogP contribution in [0.15, 0.2) is 0 Å². The van der Waals surface area contributed by atoms with Crippen LogP contribution in [-0.2, 0) is 19.4 Å². The first kappa shape index (κ1) is 19.2. The predicted molar refractivity (Wildman–Crippen MR) is 92.3 cm³/mol. The fourth-order valence-electron chi connectivity index (χ4n) is 3.59. The van der Waals surface area contributed by atoms with Gasteiger partial charge < -0.3 is 16.0 Å². The molecular formula is C16H29N3O4S. The third-order valence-corrected chi connectivity index (χ3v) is 7.16. The molecule has 138 valence electrons. The SMILES string of the molecule is CS(=O)(=O)C1(C(=O)NCCC(=O)NC2CCCCC2)CCNCC1. The molecule has 0 aromatic rings. The van der Waals surface area contributed by atoms with E-state index in [0.717, 1.165) is 31.9 Å². The Bertz CT molecular complexity index is 550. The van der Waals surface area contributed by atoms with Gasteiger partial charge in [0.2, 0.25) is 11.8 Å². The fourth-order valence-corrected chi connectivity index (χ4v) is 4.95. The number of hydrogen-bond donors (Lipinski definition) is 3. The first-order valence-electron chi connectivity index (χ1n) is 8.83. The number of carbonyl (C=O) groups excluding carboxylic acids is 2. The van der Waals surface area contributed by atoms with E-state index in [9.17, 15) is 18.0 Å². The maximum Gasteiger partial charge on any atom is 0.241 e. The molecule has 7 nitrogen and oxygen atoms in total. The van der Waals surface area contributed by atoms with Crippen molar-refractivity contribution in [1.82, 2.24) is 16.0 Å². The first-order valence-corrected chi connectivity index (χ1v) is 10.7. The van der Waals surface area contributed by atoms with Gasteiger partial charge in [0.15, 0.2) is 14.6 Å².